The number of amides is 1. The number of imidazole rings is 1. The molecular formula is C23H25ClN4O2S. The minimum atomic E-state index is -0.100. The molecule has 0 aliphatic rings. The molecule has 31 heavy (non-hydrogen) atoms. The Bertz CT molecular complexity index is 1130. The first-order valence-corrected chi connectivity index (χ1v) is 10.7. The van der Waals surface area contributed by atoms with Crippen LogP contribution in [0.15, 0.2) is 61.2 Å². The molecule has 0 atom stereocenters. The van der Waals surface area contributed by atoms with Crippen LogP contribution in [0.3, 0.4) is 0 Å². The fraction of sp³-hybridized carbons (Fsp3) is 0.261. The third kappa shape index (κ3) is 5.83. The number of thiazole rings is 1. The Morgan fingerprint density at radius 3 is 2.65 bits per heavy atom. The Morgan fingerprint density at radius 1 is 1.13 bits per heavy atom. The summed E-state index contributed by atoms with van der Waals surface area (Å²) in [7, 11) is 0. The number of nitrogens with zero attached hydrogens (tertiary/aromatic N) is 4. The van der Waals surface area contributed by atoms with Gasteiger partial charge in [0.1, 0.15) is 5.75 Å². The molecule has 0 N–H and O–H groups in total. The number of halogens is 1. The molecule has 0 aliphatic carbocycles. The van der Waals surface area contributed by atoms with Crippen molar-refractivity contribution in [2.45, 2.75) is 26.8 Å². The van der Waals surface area contributed by atoms with Crippen LogP contribution in [0.2, 0.25) is 0 Å². The number of aromatic nitrogens is 3. The third-order valence-corrected chi connectivity index (χ3v) is 5.85. The maximum absolute atomic E-state index is 13.1. The Kier molecular flexibility index (Phi) is 7.65. The highest BCUT2D eigenvalue weighted by molar-refractivity contribution is 7.22. The second kappa shape index (κ2) is 10.4. The van der Waals surface area contributed by atoms with Gasteiger partial charge in [-0.2, -0.15) is 0 Å². The van der Waals surface area contributed by atoms with Gasteiger partial charge in [0.2, 0.25) is 0 Å². The molecule has 162 valence electrons. The van der Waals surface area contributed by atoms with Gasteiger partial charge in [-0.15, -0.1) is 12.4 Å². The SMILES string of the molecule is Cc1ccc(OCC(=O)N(CCCn2ccnc2)c2nc3ccc(C)cc3s2)cc1.Cl. The first-order valence-electron chi connectivity index (χ1n) is 9.91. The lowest BCUT2D eigenvalue weighted by molar-refractivity contribution is -0.120. The Morgan fingerprint density at radius 2 is 1.90 bits per heavy atom. The van der Waals surface area contributed by atoms with Crippen molar-refractivity contribution in [2.24, 2.45) is 0 Å². The van der Waals surface area contributed by atoms with Crippen molar-refractivity contribution < 1.29 is 9.53 Å². The molecule has 2 heterocycles. The molecule has 0 bridgehead atoms. The number of carbonyl (C=O) groups is 1. The monoisotopic (exact) mass is 456 g/mol. The predicted molar refractivity (Wildman–Crippen MR) is 127 cm³/mol. The van der Waals surface area contributed by atoms with Gasteiger partial charge in [-0.05, 0) is 50.1 Å². The zero-order valence-corrected chi connectivity index (χ0v) is 19.2. The molecule has 2 aromatic carbocycles. The number of hydrogen-bond acceptors (Lipinski definition) is 5. The number of ether oxygens (including phenoxy) is 1. The Labute approximate surface area is 191 Å². The molecule has 0 saturated carbocycles. The average Bonchev–Trinajstić information content (AvgIpc) is 3.40. The lowest BCUT2D eigenvalue weighted by atomic mass is 10.2. The van der Waals surface area contributed by atoms with Crippen molar-refractivity contribution in [3.8, 4) is 5.75 Å². The van der Waals surface area contributed by atoms with E-state index in [0.29, 0.717) is 17.4 Å². The number of rotatable bonds is 8. The van der Waals surface area contributed by atoms with E-state index in [1.807, 2.05) is 54.1 Å². The molecule has 6 nitrogen and oxygen atoms in total. The van der Waals surface area contributed by atoms with Gasteiger partial charge in [0.05, 0.1) is 16.5 Å². The number of carbonyl (C=O) groups excluding carboxylic acids is 1. The van der Waals surface area contributed by atoms with Gasteiger partial charge in [-0.3, -0.25) is 9.69 Å². The van der Waals surface area contributed by atoms with Crippen LogP contribution in [-0.2, 0) is 11.3 Å². The van der Waals surface area contributed by atoms with Crippen molar-refractivity contribution in [1.29, 1.82) is 0 Å². The minimum Gasteiger partial charge on any atom is -0.484 e. The number of hydrogen-bond donors (Lipinski definition) is 0. The van der Waals surface area contributed by atoms with Gasteiger partial charge in [-0.25, -0.2) is 9.97 Å². The average molecular weight is 457 g/mol. The predicted octanol–water partition coefficient (Wildman–Crippen LogP) is 5.03. The van der Waals surface area contributed by atoms with Crippen LogP contribution < -0.4 is 9.64 Å². The van der Waals surface area contributed by atoms with Crippen LogP contribution in [0.25, 0.3) is 10.2 Å². The zero-order valence-electron chi connectivity index (χ0n) is 17.5. The van der Waals surface area contributed by atoms with Crippen LogP contribution in [0.5, 0.6) is 5.75 Å². The highest BCUT2D eigenvalue weighted by atomic mass is 35.5. The van der Waals surface area contributed by atoms with Gasteiger partial charge < -0.3 is 9.30 Å². The van der Waals surface area contributed by atoms with Crippen molar-refractivity contribution in [3.63, 3.8) is 0 Å². The highest BCUT2D eigenvalue weighted by Gasteiger charge is 2.20. The van der Waals surface area contributed by atoms with Crippen LogP contribution in [0, 0.1) is 13.8 Å². The summed E-state index contributed by atoms with van der Waals surface area (Å²) in [5.74, 6) is 0.587. The van der Waals surface area contributed by atoms with Gasteiger partial charge in [0.15, 0.2) is 11.7 Å². The summed E-state index contributed by atoms with van der Waals surface area (Å²) in [6, 6.07) is 13.8. The van der Waals surface area contributed by atoms with Crippen molar-refractivity contribution in [3.05, 3.63) is 72.3 Å². The van der Waals surface area contributed by atoms with E-state index in [9.17, 15) is 4.79 Å². The van der Waals surface area contributed by atoms with Crippen LogP contribution in [-0.4, -0.2) is 33.6 Å². The first-order chi connectivity index (χ1) is 14.6. The molecule has 2 aromatic heterocycles. The largest absolute Gasteiger partial charge is 0.484 e. The van der Waals surface area contributed by atoms with Crippen molar-refractivity contribution in [2.75, 3.05) is 18.1 Å². The molecule has 0 spiro atoms. The minimum absolute atomic E-state index is 0. The number of anilines is 1. The summed E-state index contributed by atoms with van der Waals surface area (Å²) < 4.78 is 8.83. The van der Waals surface area contributed by atoms with E-state index in [4.69, 9.17) is 9.72 Å². The van der Waals surface area contributed by atoms with E-state index in [1.54, 1.807) is 17.4 Å². The lowest BCUT2D eigenvalue weighted by Crippen LogP contribution is -2.36. The molecule has 0 saturated heterocycles. The maximum atomic E-state index is 13.1. The molecule has 0 fully saturated rings. The van der Waals surface area contributed by atoms with E-state index in [2.05, 4.69) is 18.0 Å². The summed E-state index contributed by atoms with van der Waals surface area (Å²) in [4.78, 5) is 23.6. The van der Waals surface area contributed by atoms with Gasteiger partial charge in [0.25, 0.3) is 5.91 Å². The highest BCUT2D eigenvalue weighted by Crippen LogP contribution is 2.30. The number of fused-ring (bicyclic) bond motifs is 1. The third-order valence-electron chi connectivity index (χ3n) is 4.81. The summed E-state index contributed by atoms with van der Waals surface area (Å²) >= 11 is 1.54. The first kappa shape index (κ1) is 22.8. The number of benzene rings is 2. The molecule has 0 radical (unpaired) electrons. The molecule has 8 heteroatoms. The molecule has 1 amide bonds. The van der Waals surface area contributed by atoms with Crippen LogP contribution in [0.1, 0.15) is 17.5 Å². The normalized spacial score (nSPS) is 10.6. The maximum Gasteiger partial charge on any atom is 0.266 e. The number of aryl methyl sites for hydroxylation is 3. The fourth-order valence-corrected chi connectivity index (χ4v) is 4.26. The standard InChI is InChI=1S/C23H24N4O2S.ClH/c1-17-4-7-19(8-5-17)29-15-22(28)27(12-3-11-26-13-10-24-16-26)23-25-20-9-6-18(2)14-21(20)30-23;/h4-10,13-14,16H,3,11-12,15H2,1-2H3;1H. The van der Waals surface area contributed by atoms with Crippen molar-refractivity contribution >= 4 is 45.0 Å². The fourth-order valence-electron chi connectivity index (χ4n) is 3.15. The van der Waals surface area contributed by atoms with E-state index in [1.165, 1.54) is 16.9 Å². The lowest BCUT2D eigenvalue weighted by Gasteiger charge is -2.20. The Hall–Kier alpha value is -2.90. The molecule has 0 aliphatic heterocycles. The van der Waals surface area contributed by atoms with Crippen LogP contribution >= 0.6 is 23.7 Å². The van der Waals surface area contributed by atoms with Crippen molar-refractivity contribution in [1.82, 2.24) is 14.5 Å². The summed E-state index contributed by atoms with van der Waals surface area (Å²) in [6.45, 7) is 5.40. The summed E-state index contributed by atoms with van der Waals surface area (Å²) in [6.07, 6.45) is 6.26. The second-order valence-corrected chi connectivity index (χ2v) is 8.28. The van der Waals surface area contributed by atoms with Crippen LogP contribution in [0.4, 0.5) is 5.13 Å². The summed E-state index contributed by atoms with van der Waals surface area (Å²) in [5.41, 5.74) is 3.24. The topological polar surface area (TPSA) is 60.2 Å². The van der Waals surface area contributed by atoms with Gasteiger partial charge in [0, 0.05) is 25.5 Å². The van der Waals surface area contributed by atoms with E-state index in [-0.39, 0.29) is 24.9 Å². The smallest absolute Gasteiger partial charge is 0.266 e. The second-order valence-electron chi connectivity index (χ2n) is 7.27. The van der Waals surface area contributed by atoms with E-state index >= 15 is 0 Å². The van der Waals surface area contributed by atoms with E-state index < -0.39 is 0 Å². The van der Waals surface area contributed by atoms with Gasteiger partial charge in [-0.1, -0.05) is 35.1 Å². The molecule has 0 unspecified atom stereocenters. The van der Waals surface area contributed by atoms with E-state index in [0.717, 1.165) is 28.7 Å². The quantitative estimate of drug-likeness (QED) is 0.373. The molecule has 4 rings (SSSR count). The Balaban J connectivity index is 0.00000272. The molecule has 4 aromatic rings. The zero-order chi connectivity index (χ0) is 20.9. The summed E-state index contributed by atoms with van der Waals surface area (Å²) in [5, 5.41) is 0.707. The van der Waals surface area contributed by atoms with Gasteiger partial charge >= 0.3 is 0 Å². The molecular weight excluding hydrogens is 432 g/mol.